The third kappa shape index (κ3) is 4.01. The van der Waals surface area contributed by atoms with E-state index < -0.39 is 16.1 Å². The highest BCUT2D eigenvalue weighted by Crippen LogP contribution is 2.26. The lowest BCUT2D eigenvalue weighted by Crippen LogP contribution is -2.43. The van der Waals surface area contributed by atoms with Gasteiger partial charge < -0.3 is 4.74 Å². The van der Waals surface area contributed by atoms with Crippen LogP contribution >= 0.6 is 0 Å². The summed E-state index contributed by atoms with van der Waals surface area (Å²) in [5, 5.41) is 0. The maximum absolute atomic E-state index is 13.9. The van der Waals surface area contributed by atoms with Gasteiger partial charge in [0.05, 0.1) is 18.5 Å². The van der Waals surface area contributed by atoms with Gasteiger partial charge in [-0.1, -0.05) is 48.5 Å². The quantitative estimate of drug-likeness (QED) is 0.834. The molecule has 0 aromatic heterocycles. The van der Waals surface area contributed by atoms with Crippen molar-refractivity contribution in [1.29, 1.82) is 0 Å². The minimum absolute atomic E-state index is 0.0427. The van der Waals surface area contributed by atoms with Gasteiger partial charge in [0.1, 0.15) is 5.82 Å². The number of aryl methyl sites for hydroxylation is 1. The second kappa shape index (κ2) is 7.42. The molecule has 4 nitrogen and oxygen atoms in total. The van der Waals surface area contributed by atoms with Gasteiger partial charge in [-0.25, -0.2) is 12.8 Å². The molecule has 1 fully saturated rings. The average Bonchev–Trinajstić information content (AvgIpc) is 2.61. The van der Waals surface area contributed by atoms with E-state index in [1.54, 1.807) is 18.2 Å². The van der Waals surface area contributed by atoms with E-state index >= 15 is 0 Å². The Morgan fingerprint density at radius 2 is 1.79 bits per heavy atom. The van der Waals surface area contributed by atoms with Crippen LogP contribution < -0.4 is 0 Å². The van der Waals surface area contributed by atoms with Crippen LogP contribution in [0.15, 0.2) is 54.6 Å². The zero-order chi connectivity index (χ0) is 17.0. The van der Waals surface area contributed by atoms with Crippen molar-refractivity contribution in [3.05, 3.63) is 71.5 Å². The van der Waals surface area contributed by atoms with Gasteiger partial charge in [0.15, 0.2) is 0 Å². The first-order chi connectivity index (χ1) is 11.6. The van der Waals surface area contributed by atoms with E-state index in [1.165, 1.54) is 10.4 Å². The minimum atomic E-state index is -3.40. The average molecular weight is 349 g/mol. The number of hydrogen-bond acceptors (Lipinski definition) is 3. The van der Waals surface area contributed by atoms with Crippen LogP contribution in [0.25, 0.3) is 0 Å². The Morgan fingerprint density at radius 3 is 2.54 bits per heavy atom. The fraction of sp³-hybridized carbons (Fsp3) is 0.333. The second-order valence-corrected chi connectivity index (χ2v) is 7.88. The Morgan fingerprint density at radius 1 is 1.08 bits per heavy atom. The molecule has 0 saturated carbocycles. The summed E-state index contributed by atoms with van der Waals surface area (Å²) in [5.74, 6) is -0.327. The van der Waals surface area contributed by atoms with E-state index in [0.29, 0.717) is 18.5 Å². The van der Waals surface area contributed by atoms with Gasteiger partial charge in [-0.05, 0) is 18.1 Å². The van der Waals surface area contributed by atoms with Gasteiger partial charge in [0, 0.05) is 18.7 Å². The van der Waals surface area contributed by atoms with Crippen molar-refractivity contribution in [2.45, 2.75) is 12.5 Å². The van der Waals surface area contributed by atoms with Crippen molar-refractivity contribution in [3.8, 4) is 0 Å². The van der Waals surface area contributed by atoms with E-state index in [4.69, 9.17) is 4.74 Å². The lowest BCUT2D eigenvalue weighted by atomic mass is 10.1. The standard InChI is InChI=1S/C18H20FNO3S/c19-17-9-5-4-8-16(17)18-14-20(11-12-23-18)24(21,22)13-10-15-6-2-1-3-7-15/h1-9,18H,10-14H2. The number of morpholine rings is 1. The molecule has 0 N–H and O–H groups in total. The summed E-state index contributed by atoms with van der Waals surface area (Å²) >= 11 is 0. The normalized spacial score (nSPS) is 19.3. The maximum Gasteiger partial charge on any atom is 0.214 e. The molecular formula is C18H20FNO3S. The third-order valence-corrected chi connectivity index (χ3v) is 6.00. The molecule has 6 heteroatoms. The fourth-order valence-electron chi connectivity index (χ4n) is 2.82. The van der Waals surface area contributed by atoms with Crippen molar-refractivity contribution in [3.63, 3.8) is 0 Å². The molecule has 3 rings (SSSR count). The van der Waals surface area contributed by atoms with Crippen molar-refractivity contribution in [2.24, 2.45) is 0 Å². The summed E-state index contributed by atoms with van der Waals surface area (Å²) in [6, 6.07) is 15.9. The van der Waals surface area contributed by atoms with Crippen molar-refractivity contribution in [2.75, 3.05) is 25.4 Å². The van der Waals surface area contributed by atoms with Crippen molar-refractivity contribution in [1.82, 2.24) is 4.31 Å². The second-order valence-electron chi connectivity index (χ2n) is 5.79. The molecule has 0 aliphatic carbocycles. The fourth-order valence-corrected chi connectivity index (χ4v) is 4.29. The topological polar surface area (TPSA) is 46.6 Å². The van der Waals surface area contributed by atoms with Crippen molar-refractivity contribution < 1.29 is 17.5 Å². The zero-order valence-corrected chi connectivity index (χ0v) is 14.1. The van der Waals surface area contributed by atoms with Gasteiger partial charge in [-0.2, -0.15) is 4.31 Å². The molecule has 0 radical (unpaired) electrons. The number of sulfonamides is 1. The highest BCUT2D eigenvalue weighted by molar-refractivity contribution is 7.89. The molecule has 0 bridgehead atoms. The molecule has 24 heavy (non-hydrogen) atoms. The smallest absolute Gasteiger partial charge is 0.214 e. The van der Waals surface area contributed by atoms with Crippen LogP contribution in [0.5, 0.6) is 0 Å². The number of nitrogens with zero attached hydrogens (tertiary/aromatic N) is 1. The Balaban J connectivity index is 1.68. The molecular weight excluding hydrogens is 329 g/mol. The highest BCUT2D eigenvalue weighted by atomic mass is 32.2. The van der Waals surface area contributed by atoms with Gasteiger partial charge in [-0.3, -0.25) is 0 Å². The van der Waals surface area contributed by atoms with Crippen LogP contribution in [0.3, 0.4) is 0 Å². The van der Waals surface area contributed by atoms with Crippen molar-refractivity contribution >= 4 is 10.0 Å². The Labute approximate surface area is 141 Å². The van der Waals surface area contributed by atoms with Crippen LogP contribution in [0.2, 0.25) is 0 Å². The summed E-state index contributed by atoms with van der Waals surface area (Å²) < 4.78 is 46.1. The van der Waals surface area contributed by atoms with Crippen LogP contribution in [-0.2, 0) is 21.2 Å². The van der Waals surface area contributed by atoms with Gasteiger partial charge >= 0.3 is 0 Å². The molecule has 1 heterocycles. The predicted octanol–water partition coefficient (Wildman–Crippen LogP) is 2.77. The summed E-state index contributed by atoms with van der Waals surface area (Å²) in [7, 11) is -3.40. The number of ether oxygens (including phenoxy) is 1. The number of benzene rings is 2. The first kappa shape index (κ1) is 17.1. The molecule has 1 aliphatic heterocycles. The van der Waals surface area contributed by atoms with Crippen LogP contribution in [0, 0.1) is 5.82 Å². The molecule has 2 aromatic carbocycles. The molecule has 1 aliphatic rings. The van der Waals surface area contributed by atoms with Gasteiger partial charge in [0.25, 0.3) is 0 Å². The molecule has 1 atom stereocenters. The predicted molar refractivity (Wildman–Crippen MR) is 90.6 cm³/mol. The molecule has 2 aromatic rings. The van der Waals surface area contributed by atoms with E-state index in [2.05, 4.69) is 0 Å². The van der Waals surface area contributed by atoms with E-state index in [-0.39, 0.29) is 24.7 Å². The van der Waals surface area contributed by atoms with Crippen LogP contribution in [0.1, 0.15) is 17.2 Å². The lowest BCUT2D eigenvalue weighted by molar-refractivity contribution is -0.00440. The van der Waals surface area contributed by atoms with E-state index in [1.807, 2.05) is 30.3 Å². The Hall–Kier alpha value is -1.76. The van der Waals surface area contributed by atoms with Crippen LogP contribution in [-0.4, -0.2) is 38.2 Å². The molecule has 0 spiro atoms. The first-order valence-electron chi connectivity index (χ1n) is 7.94. The summed E-state index contributed by atoms with van der Waals surface area (Å²) in [4.78, 5) is 0. The first-order valence-corrected chi connectivity index (χ1v) is 9.55. The summed E-state index contributed by atoms with van der Waals surface area (Å²) in [6.07, 6.45) is -0.100. The summed E-state index contributed by atoms with van der Waals surface area (Å²) in [5.41, 5.74) is 1.39. The van der Waals surface area contributed by atoms with Gasteiger partial charge in [0.2, 0.25) is 10.0 Å². The number of halogens is 1. The molecule has 0 amide bonds. The molecule has 1 unspecified atom stereocenters. The Kier molecular flexibility index (Phi) is 5.28. The monoisotopic (exact) mass is 349 g/mol. The van der Waals surface area contributed by atoms with Crippen LogP contribution in [0.4, 0.5) is 4.39 Å². The maximum atomic E-state index is 13.9. The highest BCUT2D eigenvalue weighted by Gasteiger charge is 2.31. The largest absolute Gasteiger partial charge is 0.371 e. The molecule has 1 saturated heterocycles. The van der Waals surface area contributed by atoms with E-state index in [9.17, 15) is 12.8 Å². The Bertz CT molecular complexity index is 780. The summed E-state index contributed by atoms with van der Waals surface area (Å²) in [6.45, 7) is 0.726. The number of rotatable bonds is 5. The third-order valence-electron chi connectivity index (χ3n) is 4.17. The SMILES string of the molecule is O=S(=O)(CCc1ccccc1)N1CCOC(c2ccccc2F)C1. The minimum Gasteiger partial charge on any atom is -0.371 e. The lowest BCUT2D eigenvalue weighted by Gasteiger charge is -2.32. The number of hydrogen-bond donors (Lipinski definition) is 0. The zero-order valence-electron chi connectivity index (χ0n) is 13.3. The molecule has 128 valence electrons. The van der Waals surface area contributed by atoms with E-state index in [0.717, 1.165) is 5.56 Å². The van der Waals surface area contributed by atoms with Gasteiger partial charge in [-0.15, -0.1) is 0 Å².